The first-order valence-electron chi connectivity index (χ1n) is 4.83. The largest absolute Gasteiger partial charge is 0.383 e. The van der Waals surface area contributed by atoms with E-state index >= 15 is 0 Å². The standard InChI is InChI=1S/C11H11N5/c12-6-9-10(13)15-16-11(9)14-7-8-4-2-1-3-5-8/h1-5H,7H2,(H4,13,14,15,16). The van der Waals surface area contributed by atoms with Crippen molar-refractivity contribution in [3.05, 3.63) is 41.5 Å². The smallest absolute Gasteiger partial charge is 0.168 e. The Hall–Kier alpha value is -2.48. The van der Waals surface area contributed by atoms with Crippen molar-refractivity contribution in [1.82, 2.24) is 10.2 Å². The van der Waals surface area contributed by atoms with E-state index in [1.807, 2.05) is 36.4 Å². The number of aromatic nitrogens is 2. The van der Waals surface area contributed by atoms with E-state index in [0.29, 0.717) is 17.9 Å². The molecule has 1 aromatic carbocycles. The summed E-state index contributed by atoms with van der Waals surface area (Å²) in [5.41, 5.74) is 7.02. The molecule has 80 valence electrons. The first kappa shape index (κ1) is 10.1. The van der Waals surface area contributed by atoms with Crippen molar-refractivity contribution in [2.24, 2.45) is 0 Å². The zero-order valence-corrected chi connectivity index (χ0v) is 8.57. The average molecular weight is 213 g/mol. The van der Waals surface area contributed by atoms with E-state index in [4.69, 9.17) is 11.0 Å². The number of nitrogens with zero attached hydrogens (tertiary/aromatic N) is 2. The molecule has 4 N–H and O–H groups in total. The Morgan fingerprint density at radius 1 is 1.38 bits per heavy atom. The number of rotatable bonds is 3. The second-order valence-electron chi connectivity index (χ2n) is 3.31. The zero-order chi connectivity index (χ0) is 11.4. The number of nitrogen functional groups attached to an aromatic ring is 1. The van der Waals surface area contributed by atoms with Gasteiger partial charge < -0.3 is 11.1 Å². The van der Waals surface area contributed by atoms with Gasteiger partial charge in [-0.15, -0.1) is 0 Å². The van der Waals surface area contributed by atoms with Crippen molar-refractivity contribution >= 4 is 11.6 Å². The minimum atomic E-state index is 0.290. The molecule has 1 aromatic heterocycles. The lowest BCUT2D eigenvalue weighted by molar-refractivity contribution is 1.05. The number of anilines is 2. The number of benzene rings is 1. The molecule has 16 heavy (non-hydrogen) atoms. The Morgan fingerprint density at radius 2 is 2.12 bits per heavy atom. The van der Waals surface area contributed by atoms with Gasteiger partial charge in [0.2, 0.25) is 0 Å². The first-order valence-corrected chi connectivity index (χ1v) is 4.83. The van der Waals surface area contributed by atoms with Gasteiger partial charge in [0.05, 0.1) is 0 Å². The topological polar surface area (TPSA) is 90.5 Å². The lowest BCUT2D eigenvalue weighted by Gasteiger charge is -2.02. The molecule has 0 radical (unpaired) electrons. The quantitative estimate of drug-likeness (QED) is 0.720. The third-order valence-corrected chi connectivity index (χ3v) is 2.21. The molecular formula is C11H11N5. The van der Waals surface area contributed by atoms with Crippen LogP contribution in [0.25, 0.3) is 0 Å². The predicted molar refractivity (Wildman–Crippen MR) is 61.5 cm³/mol. The highest BCUT2D eigenvalue weighted by Crippen LogP contribution is 2.17. The molecule has 0 amide bonds. The molecule has 5 nitrogen and oxygen atoms in total. The normalized spacial score (nSPS) is 9.69. The molecule has 1 heterocycles. The molecule has 0 saturated carbocycles. The molecule has 0 saturated heterocycles. The Kier molecular flexibility index (Phi) is 2.74. The van der Waals surface area contributed by atoms with Crippen LogP contribution in [-0.4, -0.2) is 10.2 Å². The van der Waals surface area contributed by atoms with Crippen LogP contribution in [0.2, 0.25) is 0 Å². The molecule has 0 spiro atoms. The van der Waals surface area contributed by atoms with Crippen LogP contribution in [0.1, 0.15) is 11.1 Å². The fraction of sp³-hybridized carbons (Fsp3) is 0.0909. The molecule has 2 aromatic rings. The Bertz CT molecular complexity index is 509. The van der Waals surface area contributed by atoms with Crippen LogP contribution in [0, 0.1) is 11.3 Å². The van der Waals surface area contributed by atoms with E-state index in [2.05, 4.69) is 15.5 Å². The summed E-state index contributed by atoms with van der Waals surface area (Å²) in [5.74, 6) is 0.780. The number of H-pyrrole nitrogens is 1. The van der Waals surface area contributed by atoms with Crippen LogP contribution in [0.15, 0.2) is 30.3 Å². The summed E-state index contributed by atoms with van der Waals surface area (Å²) >= 11 is 0. The lowest BCUT2D eigenvalue weighted by atomic mass is 10.2. The minimum absolute atomic E-state index is 0.290. The van der Waals surface area contributed by atoms with Gasteiger partial charge >= 0.3 is 0 Å². The second kappa shape index (κ2) is 4.36. The van der Waals surface area contributed by atoms with Crippen molar-refractivity contribution in [3.63, 3.8) is 0 Å². The van der Waals surface area contributed by atoms with E-state index in [0.717, 1.165) is 5.56 Å². The summed E-state index contributed by atoms with van der Waals surface area (Å²) in [6.07, 6.45) is 0. The summed E-state index contributed by atoms with van der Waals surface area (Å²) < 4.78 is 0. The summed E-state index contributed by atoms with van der Waals surface area (Å²) in [7, 11) is 0. The van der Waals surface area contributed by atoms with Gasteiger partial charge in [-0.3, -0.25) is 5.10 Å². The molecule has 0 aliphatic rings. The zero-order valence-electron chi connectivity index (χ0n) is 8.57. The van der Waals surface area contributed by atoms with Crippen molar-refractivity contribution in [2.75, 3.05) is 11.1 Å². The highest BCUT2D eigenvalue weighted by atomic mass is 15.2. The van der Waals surface area contributed by atoms with Crippen molar-refractivity contribution < 1.29 is 0 Å². The molecule has 0 fully saturated rings. The molecular weight excluding hydrogens is 202 g/mol. The Labute approximate surface area is 92.9 Å². The summed E-state index contributed by atoms with van der Waals surface area (Å²) in [5, 5.41) is 18.4. The van der Waals surface area contributed by atoms with Gasteiger partial charge in [-0.05, 0) is 5.56 Å². The maximum Gasteiger partial charge on any atom is 0.168 e. The van der Waals surface area contributed by atoms with E-state index in [1.54, 1.807) is 0 Å². The number of hydrogen-bond acceptors (Lipinski definition) is 4. The average Bonchev–Trinajstić information content (AvgIpc) is 2.68. The molecule has 2 rings (SSSR count). The summed E-state index contributed by atoms with van der Waals surface area (Å²) in [6, 6.07) is 11.9. The molecule has 5 heteroatoms. The van der Waals surface area contributed by atoms with E-state index in [-0.39, 0.29) is 5.82 Å². The van der Waals surface area contributed by atoms with Crippen LogP contribution in [0.4, 0.5) is 11.6 Å². The van der Waals surface area contributed by atoms with Gasteiger partial charge in [-0.25, -0.2) is 0 Å². The highest BCUT2D eigenvalue weighted by molar-refractivity contribution is 5.62. The van der Waals surface area contributed by atoms with Crippen LogP contribution in [-0.2, 0) is 6.54 Å². The van der Waals surface area contributed by atoms with Crippen molar-refractivity contribution in [1.29, 1.82) is 5.26 Å². The Morgan fingerprint density at radius 3 is 2.81 bits per heavy atom. The van der Waals surface area contributed by atoms with Crippen LogP contribution in [0.5, 0.6) is 0 Å². The van der Waals surface area contributed by atoms with Gasteiger partial charge in [0.1, 0.15) is 17.5 Å². The van der Waals surface area contributed by atoms with Crippen LogP contribution in [0.3, 0.4) is 0 Å². The fourth-order valence-electron chi connectivity index (χ4n) is 1.38. The first-order chi connectivity index (χ1) is 7.81. The molecule has 0 atom stereocenters. The second-order valence-corrected chi connectivity index (χ2v) is 3.31. The van der Waals surface area contributed by atoms with Gasteiger partial charge in [0.25, 0.3) is 0 Å². The predicted octanol–water partition coefficient (Wildman–Crippen LogP) is 1.48. The van der Waals surface area contributed by atoms with Crippen LogP contribution < -0.4 is 11.1 Å². The summed E-state index contributed by atoms with van der Waals surface area (Å²) in [4.78, 5) is 0. The van der Waals surface area contributed by atoms with Gasteiger partial charge in [-0.2, -0.15) is 10.4 Å². The number of nitrogens with two attached hydrogens (primary N) is 1. The summed E-state index contributed by atoms with van der Waals surface area (Å²) in [6.45, 7) is 0.611. The van der Waals surface area contributed by atoms with Gasteiger partial charge in [-0.1, -0.05) is 30.3 Å². The maximum absolute atomic E-state index is 8.86. The number of nitrogens with one attached hydrogen (secondary N) is 2. The Balaban J connectivity index is 2.09. The minimum Gasteiger partial charge on any atom is -0.383 e. The fourth-order valence-corrected chi connectivity index (χ4v) is 1.38. The third kappa shape index (κ3) is 1.96. The SMILES string of the molecule is N#Cc1c(NCc2ccccc2)n[nH]c1N. The number of nitriles is 1. The van der Waals surface area contributed by atoms with E-state index < -0.39 is 0 Å². The monoisotopic (exact) mass is 213 g/mol. The number of aromatic amines is 1. The third-order valence-electron chi connectivity index (χ3n) is 2.21. The van der Waals surface area contributed by atoms with Crippen molar-refractivity contribution in [3.8, 4) is 6.07 Å². The molecule has 0 aliphatic heterocycles. The van der Waals surface area contributed by atoms with Crippen molar-refractivity contribution in [2.45, 2.75) is 6.54 Å². The molecule has 0 bridgehead atoms. The maximum atomic E-state index is 8.86. The van der Waals surface area contributed by atoms with Gasteiger partial charge in [0.15, 0.2) is 5.82 Å². The number of hydrogen-bond donors (Lipinski definition) is 3. The lowest BCUT2D eigenvalue weighted by Crippen LogP contribution is -2.01. The molecule has 0 aliphatic carbocycles. The van der Waals surface area contributed by atoms with Crippen LogP contribution >= 0.6 is 0 Å². The van der Waals surface area contributed by atoms with E-state index in [9.17, 15) is 0 Å². The van der Waals surface area contributed by atoms with Gasteiger partial charge in [0, 0.05) is 6.54 Å². The molecule has 0 unspecified atom stereocenters. The highest BCUT2D eigenvalue weighted by Gasteiger charge is 2.09. The van der Waals surface area contributed by atoms with E-state index in [1.165, 1.54) is 0 Å².